The number of aromatic nitrogens is 4. The van der Waals surface area contributed by atoms with E-state index in [0.29, 0.717) is 75.4 Å². The van der Waals surface area contributed by atoms with Crippen molar-refractivity contribution in [2.24, 2.45) is 23.7 Å². The molecule has 4 N–H and O–H groups in total. The number of aliphatic hydroxyl groups is 1. The Morgan fingerprint density at radius 1 is 1.10 bits per heavy atom. The fourth-order valence-electron chi connectivity index (χ4n) is 9.30. The summed E-state index contributed by atoms with van der Waals surface area (Å²) in [5.74, 6) is -2.61. The number of carbonyl (C=O) groups excluding carboxylic acids is 3. The molecule has 3 fully saturated rings. The number of ether oxygens (including phenoxy) is 4. The predicted molar refractivity (Wildman–Crippen MR) is 223 cm³/mol. The van der Waals surface area contributed by atoms with Crippen molar-refractivity contribution in [3.05, 3.63) is 37.1 Å². The van der Waals surface area contributed by atoms with Crippen LogP contribution < -0.4 is 11.1 Å². The van der Waals surface area contributed by atoms with Gasteiger partial charge in [-0.25, -0.2) is 9.78 Å². The number of nitrogens with two attached hydrogens (primary N) is 1. The highest BCUT2D eigenvalue weighted by atomic mass is 16.7. The first-order valence-corrected chi connectivity index (χ1v) is 21.3. The molecule has 0 saturated carbocycles. The number of Topliss-reactive ketones (excluding diaryl/α,β-unsaturated/α-hetero) is 1. The van der Waals surface area contributed by atoms with Gasteiger partial charge in [0.05, 0.1) is 30.1 Å². The van der Waals surface area contributed by atoms with E-state index in [0.717, 1.165) is 0 Å². The average Bonchev–Trinajstić information content (AvgIpc) is 3.77. The number of anilines is 1. The Bertz CT molecular complexity index is 1740. The van der Waals surface area contributed by atoms with Gasteiger partial charge in [-0.05, 0) is 111 Å². The van der Waals surface area contributed by atoms with Gasteiger partial charge < -0.3 is 40.0 Å². The molecule has 0 bridgehead atoms. The molecule has 5 rings (SSSR count). The molecule has 1 amide bonds. The molecule has 16 heteroatoms. The first-order chi connectivity index (χ1) is 28.0. The molecule has 2 unspecified atom stereocenters. The Kier molecular flexibility index (Phi) is 15.7. The van der Waals surface area contributed by atoms with Gasteiger partial charge in [0.2, 0.25) is 0 Å². The minimum absolute atomic E-state index is 0.0941. The molecule has 3 saturated heterocycles. The van der Waals surface area contributed by atoms with Gasteiger partial charge in [0.25, 0.3) is 0 Å². The number of pyridine rings is 1. The lowest BCUT2D eigenvalue weighted by molar-refractivity contribution is -0.278. The van der Waals surface area contributed by atoms with E-state index in [1.54, 1.807) is 29.5 Å². The second kappa shape index (κ2) is 20.1. The number of aryl methyl sites for hydroxylation is 1. The van der Waals surface area contributed by atoms with Crippen LogP contribution >= 0.6 is 0 Å². The van der Waals surface area contributed by atoms with E-state index in [4.69, 9.17) is 24.7 Å². The number of nitrogens with one attached hydrogen (secondary N) is 1. The summed E-state index contributed by atoms with van der Waals surface area (Å²) in [5, 5.41) is 23.7. The highest BCUT2D eigenvalue weighted by molar-refractivity contribution is 6.00. The summed E-state index contributed by atoms with van der Waals surface area (Å²) in [7, 11) is 3.83. The summed E-state index contributed by atoms with van der Waals surface area (Å²) < 4.78 is 27.1. The zero-order valence-corrected chi connectivity index (χ0v) is 36.5. The van der Waals surface area contributed by atoms with E-state index >= 15 is 0 Å². The minimum atomic E-state index is -1.22. The fourth-order valence-corrected chi connectivity index (χ4v) is 9.30. The number of hydrogen-bond acceptors (Lipinski definition) is 14. The van der Waals surface area contributed by atoms with Crippen molar-refractivity contribution < 1.29 is 38.4 Å². The van der Waals surface area contributed by atoms with Crippen molar-refractivity contribution >= 4 is 23.7 Å². The van der Waals surface area contributed by atoms with E-state index in [1.165, 1.54) is 0 Å². The van der Waals surface area contributed by atoms with Crippen molar-refractivity contribution in [3.63, 3.8) is 0 Å². The molecule has 5 heterocycles. The molecular weight excluding hydrogens is 757 g/mol. The number of fused-ring (bicyclic) bond motifs is 1. The van der Waals surface area contributed by atoms with E-state index in [9.17, 15) is 19.5 Å². The van der Waals surface area contributed by atoms with Crippen LogP contribution in [0.2, 0.25) is 0 Å². The van der Waals surface area contributed by atoms with Crippen LogP contribution in [-0.4, -0.2) is 134 Å². The SMILES string of the molecule is C=CC[C@H]1C[C@@H](C)CN[C@H](C)[C@H]2N(CCCCn3cc(-c4cccc(N)n4)nn3)C(=O)O[C@]2(C)[C@@H](CC)OC(=O)[C@H](C)C(=O)[C@H](C)[C@H]1O[C@@H]1O[C@H](C)CC(N(C)C)C1O. The van der Waals surface area contributed by atoms with E-state index in [-0.39, 0.29) is 35.8 Å². The number of rotatable bonds is 12. The third kappa shape index (κ3) is 10.7. The molecule has 13 atom stereocenters. The molecule has 328 valence electrons. The number of ketones is 1. The lowest BCUT2D eigenvalue weighted by atomic mass is 9.79. The first kappa shape index (κ1) is 46.1. The second-order valence-electron chi connectivity index (χ2n) is 17.5. The largest absolute Gasteiger partial charge is 0.458 e. The maximum atomic E-state index is 14.3. The van der Waals surface area contributed by atoms with Gasteiger partial charge >= 0.3 is 12.1 Å². The normalized spacial score (nSPS) is 35.1. The van der Waals surface area contributed by atoms with Crippen LogP contribution in [-0.2, 0) is 35.1 Å². The maximum Gasteiger partial charge on any atom is 0.410 e. The van der Waals surface area contributed by atoms with Crippen molar-refractivity contribution in [1.82, 2.24) is 35.1 Å². The fraction of sp³-hybridized carbons (Fsp3) is 0.721. The summed E-state index contributed by atoms with van der Waals surface area (Å²) in [6.07, 6.45) is 3.07. The Hall–Kier alpha value is -3.96. The summed E-state index contributed by atoms with van der Waals surface area (Å²) in [4.78, 5) is 50.2. The molecule has 0 spiro atoms. The van der Waals surface area contributed by atoms with Crippen LogP contribution in [0.25, 0.3) is 11.4 Å². The number of nitrogens with zero attached hydrogens (tertiary/aromatic N) is 6. The van der Waals surface area contributed by atoms with Gasteiger partial charge in [-0.3, -0.25) is 19.2 Å². The van der Waals surface area contributed by atoms with Crippen LogP contribution in [0.1, 0.15) is 87.0 Å². The number of hydrogen-bond donors (Lipinski definition) is 3. The molecule has 16 nitrogen and oxygen atoms in total. The van der Waals surface area contributed by atoms with Crippen LogP contribution in [0, 0.1) is 23.7 Å². The molecule has 0 aromatic carbocycles. The molecule has 2 aromatic heterocycles. The standard InChI is InChI=1S/C43H68N8O8/c1-11-16-30-21-25(3)23-45-29(7)39-43(8,59-42(55)51(39)20-14-13-19-50-24-32(47-48-50)31-17-15-18-35(44)46-31)34(12-2)57-40(54)28(6)36(52)27(5)38(30)58-41-37(53)33(49(9)10)22-26(4)56-41/h11,15,17-18,24-30,33-34,37-39,41,45,53H,1,12-14,16,19-23H2,2-10H3,(H2,44,46)/t25-,26-,27+,28-,29-,30+,33?,34-,37?,38-,39-,41+,43-/m1/s1. The number of likely N-dealkylation sites (N-methyl/N-ethyl adjacent to an activating group) is 1. The predicted octanol–water partition coefficient (Wildman–Crippen LogP) is 4.47. The van der Waals surface area contributed by atoms with E-state index in [1.807, 2.05) is 71.1 Å². The van der Waals surface area contributed by atoms with Gasteiger partial charge in [-0.1, -0.05) is 38.1 Å². The Balaban J connectivity index is 1.37. The van der Waals surface area contributed by atoms with Gasteiger partial charge in [-0.15, -0.1) is 11.7 Å². The monoisotopic (exact) mass is 825 g/mol. The molecule has 0 radical (unpaired) electrons. The molecule has 59 heavy (non-hydrogen) atoms. The molecular formula is C43H68N8O8. The molecule has 3 aliphatic rings. The van der Waals surface area contributed by atoms with Crippen molar-refractivity contribution in [1.29, 1.82) is 0 Å². The summed E-state index contributed by atoms with van der Waals surface area (Å²) >= 11 is 0. The lowest BCUT2D eigenvalue weighted by Gasteiger charge is -2.44. The number of cyclic esters (lactones) is 1. The Morgan fingerprint density at radius 2 is 1.83 bits per heavy atom. The topological polar surface area (TPSA) is 196 Å². The Morgan fingerprint density at radius 3 is 2.51 bits per heavy atom. The third-order valence-corrected chi connectivity index (χ3v) is 12.5. The van der Waals surface area contributed by atoms with Gasteiger partial charge in [0.1, 0.15) is 29.6 Å². The number of allylic oxidation sites excluding steroid dienone is 1. The Labute approximate surface area is 349 Å². The number of unbranched alkanes of at least 4 members (excludes halogenated alkanes) is 1. The highest BCUT2D eigenvalue weighted by Gasteiger charge is 2.58. The number of nitrogen functional groups attached to an aromatic ring is 1. The summed E-state index contributed by atoms with van der Waals surface area (Å²) in [6.45, 7) is 18.8. The number of aliphatic hydroxyl groups excluding tert-OH is 1. The highest BCUT2D eigenvalue weighted by Crippen LogP contribution is 2.39. The second-order valence-corrected chi connectivity index (χ2v) is 17.5. The van der Waals surface area contributed by atoms with Crippen LogP contribution in [0.15, 0.2) is 37.1 Å². The first-order valence-electron chi connectivity index (χ1n) is 21.3. The number of amides is 1. The smallest absolute Gasteiger partial charge is 0.410 e. The summed E-state index contributed by atoms with van der Waals surface area (Å²) in [5.41, 5.74) is 5.89. The zero-order chi connectivity index (χ0) is 43.2. The van der Waals surface area contributed by atoms with Gasteiger partial charge in [0, 0.05) is 31.1 Å². The zero-order valence-electron chi connectivity index (χ0n) is 36.5. The molecule has 0 aliphatic carbocycles. The van der Waals surface area contributed by atoms with Crippen molar-refractivity contribution in [3.8, 4) is 11.4 Å². The van der Waals surface area contributed by atoms with E-state index in [2.05, 4.69) is 34.1 Å². The lowest BCUT2D eigenvalue weighted by Crippen LogP contribution is -2.60. The summed E-state index contributed by atoms with van der Waals surface area (Å²) in [6, 6.07) is 4.39. The van der Waals surface area contributed by atoms with Gasteiger partial charge in [0.15, 0.2) is 17.7 Å². The van der Waals surface area contributed by atoms with Crippen LogP contribution in [0.5, 0.6) is 0 Å². The average molecular weight is 825 g/mol. The van der Waals surface area contributed by atoms with Crippen molar-refractivity contribution in [2.75, 3.05) is 32.9 Å². The minimum Gasteiger partial charge on any atom is -0.458 e. The van der Waals surface area contributed by atoms with Crippen LogP contribution in [0.3, 0.4) is 0 Å². The maximum absolute atomic E-state index is 14.3. The van der Waals surface area contributed by atoms with Crippen molar-refractivity contribution in [2.45, 2.75) is 148 Å². The number of carbonyl (C=O) groups is 3. The third-order valence-electron chi connectivity index (χ3n) is 12.5. The molecule has 2 aromatic rings. The number of esters is 1. The van der Waals surface area contributed by atoms with Gasteiger partial charge in [-0.2, -0.15) is 0 Å². The van der Waals surface area contributed by atoms with E-state index < -0.39 is 60.1 Å². The quantitative estimate of drug-likeness (QED) is 0.117. The van der Waals surface area contributed by atoms with Crippen LogP contribution in [0.4, 0.5) is 10.6 Å². The molecule has 3 aliphatic heterocycles.